The van der Waals surface area contributed by atoms with Crippen LogP contribution in [0.1, 0.15) is 25.5 Å². The molecule has 32 heavy (non-hydrogen) atoms. The molecule has 0 saturated carbocycles. The molecule has 7 nitrogen and oxygen atoms in total. The van der Waals surface area contributed by atoms with E-state index >= 15 is 0 Å². The van der Waals surface area contributed by atoms with Gasteiger partial charge in [0.15, 0.2) is 0 Å². The van der Waals surface area contributed by atoms with Crippen molar-refractivity contribution >= 4 is 11.6 Å². The molecule has 0 radical (unpaired) electrons. The lowest BCUT2D eigenvalue weighted by molar-refractivity contribution is -0.890. The number of likely N-dealkylation sites (N-methyl/N-ethyl adjacent to an activating group) is 1. The van der Waals surface area contributed by atoms with Crippen molar-refractivity contribution < 1.29 is 14.1 Å². The van der Waals surface area contributed by atoms with Crippen molar-refractivity contribution in [2.45, 2.75) is 32.4 Å². The van der Waals surface area contributed by atoms with Gasteiger partial charge >= 0.3 is 0 Å². The van der Waals surface area contributed by atoms with E-state index in [2.05, 4.69) is 4.98 Å². The molecule has 3 heterocycles. The van der Waals surface area contributed by atoms with Gasteiger partial charge in [-0.2, -0.15) is 0 Å². The first kappa shape index (κ1) is 22.3. The van der Waals surface area contributed by atoms with Gasteiger partial charge in [-0.15, -0.1) is 0 Å². The SMILES string of the molecule is CC[N+]1([O-])CCC[C@H]1COc1ccc(-n2ccc(OCc3ccc(Cl)cn3)cc2=O)cc1. The molecule has 2 atom stereocenters. The number of halogens is 1. The van der Waals surface area contributed by atoms with E-state index in [1.165, 1.54) is 10.6 Å². The number of hydrogen-bond acceptors (Lipinski definition) is 5. The molecule has 2 aromatic heterocycles. The molecular formula is C24H26ClN3O4. The zero-order valence-electron chi connectivity index (χ0n) is 17.9. The van der Waals surface area contributed by atoms with E-state index in [1.54, 1.807) is 30.6 Å². The fourth-order valence-corrected chi connectivity index (χ4v) is 4.07. The summed E-state index contributed by atoms with van der Waals surface area (Å²) in [7, 11) is 0. The normalized spacial score (nSPS) is 20.3. The van der Waals surface area contributed by atoms with Gasteiger partial charge in [0.25, 0.3) is 5.56 Å². The molecule has 0 N–H and O–H groups in total. The van der Waals surface area contributed by atoms with E-state index in [9.17, 15) is 10.0 Å². The van der Waals surface area contributed by atoms with E-state index in [4.69, 9.17) is 21.1 Å². The van der Waals surface area contributed by atoms with Crippen LogP contribution in [0.3, 0.4) is 0 Å². The second-order valence-corrected chi connectivity index (χ2v) is 8.36. The van der Waals surface area contributed by atoms with Gasteiger partial charge in [0.2, 0.25) is 0 Å². The highest BCUT2D eigenvalue weighted by Crippen LogP contribution is 2.26. The number of benzene rings is 1. The van der Waals surface area contributed by atoms with E-state index in [0.717, 1.165) is 24.2 Å². The number of hydrogen-bond donors (Lipinski definition) is 0. The van der Waals surface area contributed by atoms with Crippen LogP contribution in [-0.2, 0) is 6.61 Å². The average Bonchev–Trinajstić information content (AvgIpc) is 3.19. The molecule has 0 aliphatic carbocycles. The van der Waals surface area contributed by atoms with Crippen LogP contribution in [-0.4, -0.2) is 39.9 Å². The summed E-state index contributed by atoms with van der Waals surface area (Å²) in [6, 6.07) is 14.0. The van der Waals surface area contributed by atoms with Crippen molar-refractivity contribution in [1.82, 2.24) is 9.55 Å². The highest BCUT2D eigenvalue weighted by molar-refractivity contribution is 6.30. The van der Waals surface area contributed by atoms with Crippen molar-refractivity contribution in [3.8, 4) is 17.2 Å². The Kier molecular flexibility index (Phi) is 6.79. The van der Waals surface area contributed by atoms with Crippen LogP contribution in [0.25, 0.3) is 5.69 Å². The fraction of sp³-hybridized carbons (Fsp3) is 0.333. The first-order valence-electron chi connectivity index (χ1n) is 10.7. The van der Waals surface area contributed by atoms with Crippen LogP contribution in [0.2, 0.25) is 5.02 Å². The number of quaternary nitrogens is 1. The van der Waals surface area contributed by atoms with Crippen LogP contribution in [0, 0.1) is 5.21 Å². The van der Waals surface area contributed by atoms with Crippen molar-refractivity contribution in [1.29, 1.82) is 0 Å². The maximum Gasteiger partial charge on any atom is 0.258 e. The summed E-state index contributed by atoms with van der Waals surface area (Å²) in [5, 5.41) is 13.2. The Labute approximate surface area is 192 Å². The number of rotatable bonds is 8. The van der Waals surface area contributed by atoms with Gasteiger partial charge in [-0.05, 0) is 49.4 Å². The molecule has 1 aromatic carbocycles. The van der Waals surface area contributed by atoms with Crippen molar-refractivity contribution in [3.63, 3.8) is 0 Å². The first-order chi connectivity index (χ1) is 15.5. The number of ether oxygens (including phenoxy) is 2. The molecule has 0 amide bonds. The summed E-state index contributed by atoms with van der Waals surface area (Å²) in [6.45, 7) is 3.83. The molecule has 0 spiro atoms. The quantitative estimate of drug-likeness (QED) is 0.373. The summed E-state index contributed by atoms with van der Waals surface area (Å²) >= 11 is 5.83. The van der Waals surface area contributed by atoms with Crippen molar-refractivity contribution in [2.24, 2.45) is 0 Å². The third-order valence-electron chi connectivity index (χ3n) is 5.90. The molecule has 1 unspecified atom stereocenters. The summed E-state index contributed by atoms with van der Waals surface area (Å²) < 4.78 is 12.9. The van der Waals surface area contributed by atoms with E-state index in [1.807, 2.05) is 31.2 Å². The zero-order chi connectivity index (χ0) is 22.6. The standard InChI is InChI=1S/C24H26ClN3O4/c1-2-28(30)13-3-4-21(28)17-32-22-9-7-20(8-10-22)27-12-11-23(14-24(27)29)31-16-19-6-5-18(25)15-26-19/h5-12,14-15,21H,2-4,13,16-17H2,1H3/t21-,28?/m0/s1. The van der Waals surface area contributed by atoms with Gasteiger partial charge < -0.3 is 19.3 Å². The van der Waals surface area contributed by atoms with Gasteiger partial charge in [0.1, 0.15) is 30.8 Å². The molecule has 3 aromatic rings. The van der Waals surface area contributed by atoms with Gasteiger partial charge in [0.05, 0.1) is 23.8 Å². The summed E-state index contributed by atoms with van der Waals surface area (Å²) in [5.41, 5.74) is 1.23. The van der Waals surface area contributed by atoms with Gasteiger partial charge in [0, 0.05) is 37.0 Å². The second-order valence-electron chi connectivity index (χ2n) is 7.92. The average molecular weight is 456 g/mol. The second kappa shape index (κ2) is 9.73. The molecule has 4 rings (SSSR count). The fourth-order valence-electron chi connectivity index (χ4n) is 3.96. The van der Waals surface area contributed by atoms with E-state index < -0.39 is 0 Å². The number of aromatic nitrogens is 2. The molecule has 168 valence electrons. The minimum Gasteiger partial charge on any atom is -0.633 e. The highest BCUT2D eigenvalue weighted by Gasteiger charge is 2.33. The smallest absolute Gasteiger partial charge is 0.258 e. The van der Waals surface area contributed by atoms with Crippen LogP contribution >= 0.6 is 11.6 Å². The van der Waals surface area contributed by atoms with Crippen LogP contribution < -0.4 is 15.0 Å². The van der Waals surface area contributed by atoms with Crippen molar-refractivity contribution in [3.05, 3.63) is 87.2 Å². The van der Waals surface area contributed by atoms with Crippen LogP contribution in [0.5, 0.6) is 11.5 Å². The lowest BCUT2D eigenvalue weighted by Gasteiger charge is -2.43. The number of pyridine rings is 2. The first-order valence-corrected chi connectivity index (χ1v) is 11.1. The molecular weight excluding hydrogens is 430 g/mol. The predicted octanol–water partition coefficient (Wildman–Crippen LogP) is 4.34. The third-order valence-corrected chi connectivity index (χ3v) is 6.12. The van der Waals surface area contributed by atoms with E-state index in [-0.39, 0.29) is 22.9 Å². The Morgan fingerprint density at radius 3 is 2.66 bits per heavy atom. The maximum atomic E-state index is 12.7. The monoisotopic (exact) mass is 455 g/mol. The minimum atomic E-state index is -0.206. The summed E-state index contributed by atoms with van der Waals surface area (Å²) in [4.78, 5) is 16.7. The molecule has 1 fully saturated rings. The Bertz CT molecular complexity index is 1100. The van der Waals surface area contributed by atoms with Crippen LogP contribution in [0.15, 0.2) is 65.7 Å². The minimum absolute atomic E-state index is 0.0158. The Morgan fingerprint density at radius 1 is 1.16 bits per heavy atom. The molecule has 1 saturated heterocycles. The Balaban J connectivity index is 1.37. The molecule has 0 bridgehead atoms. The number of nitrogens with zero attached hydrogens (tertiary/aromatic N) is 3. The highest BCUT2D eigenvalue weighted by atomic mass is 35.5. The molecule has 1 aliphatic heterocycles. The molecule has 8 heteroatoms. The number of hydroxylamine groups is 3. The van der Waals surface area contributed by atoms with Gasteiger partial charge in [-0.3, -0.25) is 14.3 Å². The third kappa shape index (κ3) is 5.12. The van der Waals surface area contributed by atoms with Gasteiger partial charge in [-0.1, -0.05) is 11.6 Å². The zero-order valence-corrected chi connectivity index (χ0v) is 18.7. The topological polar surface area (TPSA) is 76.4 Å². The molecule has 1 aliphatic rings. The maximum absolute atomic E-state index is 12.7. The predicted molar refractivity (Wildman–Crippen MR) is 123 cm³/mol. The lowest BCUT2D eigenvalue weighted by Crippen LogP contribution is -2.48. The Hall–Kier alpha value is -2.87. The summed E-state index contributed by atoms with van der Waals surface area (Å²) in [5.74, 6) is 1.15. The lowest BCUT2D eigenvalue weighted by atomic mass is 10.2. The summed E-state index contributed by atoms with van der Waals surface area (Å²) in [6.07, 6.45) is 5.07. The van der Waals surface area contributed by atoms with Crippen molar-refractivity contribution in [2.75, 3.05) is 19.7 Å². The largest absolute Gasteiger partial charge is 0.633 e. The Morgan fingerprint density at radius 2 is 1.97 bits per heavy atom. The number of likely N-dealkylation sites (tertiary alicyclic amines) is 1. The van der Waals surface area contributed by atoms with Gasteiger partial charge in [-0.25, -0.2) is 0 Å². The van der Waals surface area contributed by atoms with E-state index in [0.29, 0.717) is 36.2 Å². The van der Waals surface area contributed by atoms with Crippen LogP contribution in [0.4, 0.5) is 0 Å².